The van der Waals surface area contributed by atoms with Gasteiger partial charge in [-0.2, -0.15) is 0 Å². The van der Waals surface area contributed by atoms with Crippen molar-refractivity contribution in [3.8, 4) is 11.4 Å². The van der Waals surface area contributed by atoms with Gasteiger partial charge in [-0.05, 0) is 51.3 Å². The average molecular weight is 380 g/mol. The molecule has 146 valence electrons. The van der Waals surface area contributed by atoms with Crippen molar-refractivity contribution in [1.29, 1.82) is 0 Å². The minimum atomic E-state index is -0.676. The van der Waals surface area contributed by atoms with Gasteiger partial charge < -0.3 is 9.47 Å². The Balaban J connectivity index is 2.18. The number of fused-ring (bicyclic) bond motifs is 1. The van der Waals surface area contributed by atoms with Crippen LogP contribution in [0.1, 0.15) is 26.5 Å². The molecule has 1 N–H and O–H groups in total. The Bertz CT molecular complexity index is 1090. The Morgan fingerprint density at radius 1 is 1.04 bits per heavy atom. The molecule has 2 aromatic carbocycles. The van der Waals surface area contributed by atoms with Gasteiger partial charge in [-0.1, -0.05) is 30.3 Å². The summed E-state index contributed by atoms with van der Waals surface area (Å²) in [5, 5.41) is 4.41. The van der Waals surface area contributed by atoms with Crippen LogP contribution in [-0.2, 0) is 4.74 Å². The highest BCUT2D eigenvalue weighted by molar-refractivity contribution is 5.93. The quantitative estimate of drug-likeness (QED) is 0.718. The van der Waals surface area contributed by atoms with Crippen molar-refractivity contribution < 1.29 is 14.3 Å². The molecule has 0 bridgehead atoms. The van der Waals surface area contributed by atoms with Crippen LogP contribution in [0.25, 0.3) is 16.5 Å². The monoisotopic (exact) mass is 380 g/mol. The van der Waals surface area contributed by atoms with Gasteiger partial charge in [0, 0.05) is 11.1 Å². The van der Waals surface area contributed by atoms with E-state index in [4.69, 9.17) is 9.47 Å². The van der Waals surface area contributed by atoms with Crippen LogP contribution in [0.4, 0.5) is 10.5 Å². The molecule has 0 atom stereocenters. The van der Waals surface area contributed by atoms with Crippen LogP contribution >= 0.6 is 0 Å². The first-order valence-electron chi connectivity index (χ1n) is 9.00. The number of nitrogens with zero attached hydrogens (tertiary/aromatic N) is 1. The molecule has 0 saturated heterocycles. The first kappa shape index (κ1) is 19.5. The standard InChI is InChI=1S/C22H24N2O4/c1-14-10-12-17(23-21(26)28-22(2,3)4)20(25)24(14)19-16-9-7-6-8-15(16)11-13-18(19)27-5/h6-13H,1-5H3,(H,23,26). The summed E-state index contributed by atoms with van der Waals surface area (Å²) in [6.07, 6.45) is -0.676. The van der Waals surface area contributed by atoms with Crippen molar-refractivity contribution in [3.05, 3.63) is 64.6 Å². The van der Waals surface area contributed by atoms with E-state index in [1.165, 1.54) is 0 Å². The molecule has 6 heteroatoms. The third-order valence-corrected chi connectivity index (χ3v) is 4.22. The summed E-state index contributed by atoms with van der Waals surface area (Å²) in [5.41, 5.74) is 0.466. The van der Waals surface area contributed by atoms with Crippen LogP contribution in [0.2, 0.25) is 0 Å². The minimum absolute atomic E-state index is 0.134. The van der Waals surface area contributed by atoms with Gasteiger partial charge in [-0.15, -0.1) is 0 Å². The number of anilines is 1. The highest BCUT2D eigenvalue weighted by Gasteiger charge is 2.20. The van der Waals surface area contributed by atoms with E-state index in [9.17, 15) is 9.59 Å². The smallest absolute Gasteiger partial charge is 0.412 e. The van der Waals surface area contributed by atoms with Crippen molar-refractivity contribution in [2.24, 2.45) is 0 Å². The van der Waals surface area contributed by atoms with Gasteiger partial charge in [0.2, 0.25) is 0 Å². The van der Waals surface area contributed by atoms with Gasteiger partial charge in [-0.3, -0.25) is 14.7 Å². The highest BCUT2D eigenvalue weighted by atomic mass is 16.6. The van der Waals surface area contributed by atoms with Crippen molar-refractivity contribution in [3.63, 3.8) is 0 Å². The highest BCUT2D eigenvalue weighted by Crippen LogP contribution is 2.31. The molecular formula is C22H24N2O4. The molecular weight excluding hydrogens is 356 g/mol. The maximum absolute atomic E-state index is 13.2. The molecule has 0 radical (unpaired) electrons. The second kappa shape index (κ2) is 7.38. The maximum Gasteiger partial charge on any atom is 0.412 e. The number of aryl methyl sites for hydroxylation is 1. The molecule has 6 nitrogen and oxygen atoms in total. The lowest BCUT2D eigenvalue weighted by molar-refractivity contribution is 0.0635. The zero-order chi connectivity index (χ0) is 20.5. The first-order valence-corrected chi connectivity index (χ1v) is 9.00. The molecule has 0 aliphatic heterocycles. The summed E-state index contributed by atoms with van der Waals surface area (Å²) < 4.78 is 12.3. The lowest BCUT2D eigenvalue weighted by atomic mass is 10.1. The second-order valence-corrected chi connectivity index (χ2v) is 7.49. The van der Waals surface area contributed by atoms with Gasteiger partial charge in [-0.25, -0.2) is 4.79 Å². The second-order valence-electron chi connectivity index (χ2n) is 7.49. The molecule has 1 amide bonds. The molecule has 1 aromatic heterocycles. The molecule has 1 heterocycles. The van der Waals surface area contributed by atoms with Crippen molar-refractivity contribution in [2.75, 3.05) is 12.4 Å². The van der Waals surface area contributed by atoms with Crippen LogP contribution in [0.3, 0.4) is 0 Å². The summed E-state index contributed by atoms with van der Waals surface area (Å²) in [7, 11) is 1.57. The number of methoxy groups -OCH3 is 1. The average Bonchev–Trinajstić information content (AvgIpc) is 2.62. The van der Waals surface area contributed by atoms with Gasteiger partial charge in [0.25, 0.3) is 5.56 Å². The summed E-state index contributed by atoms with van der Waals surface area (Å²) >= 11 is 0. The fourth-order valence-electron chi connectivity index (χ4n) is 3.05. The maximum atomic E-state index is 13.2. The molecule has 0 aliphatic rings. The number of amides is 1. The zero-order valence-electron chi connectivity index (χ0n) is 16.7. The van der Waals surface area contributed by atoms with E-state index in [0.29, 0.717) is 11.4 Å². The molecule has 0 saturated carbocycles. The van der Waals surface area contributed by atoms with Crippen molar-refractivity contribution in [2.45, 2.75) is 33.3 Å². The molecule has 0 spiro atoms. The van der Waals surface area contributed by atoms with Crippen LogP contribution < -0.4 is 15.6 Å². The molecule has 0 unspecified atom stereocenters. The van der Waals surface area contributed by atoms with Crippen LogP contribution in [-0.4, -0.2) is 23.4 Å². The van der Waals surface area contributed by atoms with E-state index in [0.717, 1.165) is 16.5 Å². The zero-order valence-corrected chi connectivity index (χ0v) is 16.7. The van der Waals surface area contributed by atoms with Gasteiger partial charge in [0.1, 0.15) is 17.0 Å². The molecule has 28 heavy (non-hydrogen) atoms. The Morgan fingerprint density at radius 2 is 1.75 bits per heavy atom. The van der Waals surface area contributed by atoms with Gasteiger partial charge >= 0.3 is 6.09 Å². The first-order chi connectivity index (χ1) is 13.2. The van der Waals surface area contributed by atoms with E-state index in [2.05, 4.69) is 5.32 Å². The van der Waals surface area contributed by atoms with E-state index in [1.807, 2.05) is 43.3 Å². The predicted octanol–water partition coefficient (Wildman–Crippen LogP) is 4.65. The number of ether oxygens (including phenoxy) is 2. The number of nitrogens with one attached hydrogen (secondary N) is 1. The third-order valence-electron chi connectivity index (χ3n) is 4.22. The minimum Gasteiger partial charge on any atom is -0.495 e. The summed E-state index contributed by atoms with van der Waals surface area (Å²) in [6.45, 7) is 7.13. The molecule has 0 fully saturated rings. The van der Waals surface area contributed by atoms with E-state index in [1.54, 1.807) is 44.6 Å². The Hall–Kier alpha value is -3.28. The Kier molecular flexibility index (Phi) is 5.14. The number of hydrogen-bond acceptors (Lipinski definition) is 4. The lowest BCUT2D eigenvalue weighted by Crippen LogP contribution is -2.31. The SMILES string of the molecule is COc1ccc2ccccc2c1-n1c(C)ccc(NC(=O)OC(C)(C)C)c1=O. The summed E-state index contributed by atoms with van der Waals surface area (Å²) in [4.78, 5) is 25.4. The summed E-state index contributed by atoms with van der Waals surface area (Å²) in [6, 6.07) is 14.9. The van der Waals surface area contributed by atoms with E-state index >= 15 is 0 Å². The number of rotatable bonds is 3. The normalized spacial score (nSPS) is 11.3. The van der Waals surface area contributed by atoms with Crippen molar-refractivity contribution >= 4 is 22.6 Å². The molecule has 3 rings (SSSR count). The fourth-order valence-corrected chi connectivity index (χ4v) is 3.05. The van der Waals surface area contributed by atoms with E-state index in [-0.39, 0.29) is 11.2 Å². The number of aromatic nitrogens is 1. The lowest BCUT2D eigenvalue weighted by Gasteiger charge is -2.20. The number of pyridine rings is 1. The number of carbonyl (C=O) groups excluding carboxylic acids is 1. The third kappa shape index (κ3) is 3.86. The summed E-state index contributed by atoms with van der Waals surface area (Å²) in [5.74, 6) is 0.568. The van der Waals surface area contributed by atoms with Gasteiger partial charge in [0.05, 0.1) is 12.8 Å². The predicted molar refractivity (Wildman–Crippen MR) is 111 cm³/mol. The Labute approximate surface area is 163 Å². The number of carbonyl (C=O) groups is 1. The van der Waals surface area contributed by atoms with Crippen LogP contribution in [0, 0.1) is 6.92 Å². The topological polar surface area (TPSA) is 69.6 Å². The largest absolute Gasteiger partial charge is 0.495 e. The molecule has 3 aromatic rings. The molecule has 0 aliphatic carbocycles. The van der Waals surface area contributed by atoms with Gasteiger partial charge in [0.15, 0.2) is 0 Å². The fraction of sp³-hybridized carbons (Fsp3) is 0.273. The number of hydrogen-bond donors (Lipinski definition) is 1. The van der Waals surface area contributed by atoms with Crippen LogP contribution in [0.15, 0.2) is 53.3 Å². The van der Waals surface area contributed by atoms with Crippen LogP contribution in [0.5, 0.6) is 5.75 Å². The van der Waals surface area contributed by atoms with Crippen molar-refractivity contribution in [1.82, 2.24) is 4.57 Å². The number of benzene rings is 2. The Morgan fingerprint density at radius 3 is 2.43 bits per heavy atom. The van der Waals surface area contributed by atoms with E-state index < -0.39 is 11.7 Å².